The van der Waals surface area contributed by atoms with Crippen LogP contribution in [0.5, 0.6) is 11.5 Å². The van der Waals surface area contributed by atoms with E-state index in [2.05, 4.69) is 0 Å². The molecule has 2 rings (SSSR count). The van der Waals surface area contributed by atoms with Crippen molar-refractivity contribution in [3.05, 3.63) is 60.7 Å². The highest BCUT2D eigenvalue weighted by atomic mass is 31.1. The number of nitrogens with one attached hydrogen (secondary N) is 3. The summed E-state index contributed by atoms with van der Waals surface area (Å²) in [5, 5.41) is 13.3. The molecule has 3 amide bonds. The van der Waals surface area contributed by atoms with Gasteiger partial charge < -0.3 is 21.1 Å². The lowest BCUT2D eigenvalue weighted by molar-refractivity contribution is -0.173. The minimum atomic E-state index is -4.94. The van der Waals surface area contributed by atoms with Gasteiger partial charge in [0.15, 0.2) is 11.5 Å². The van der Waals surface area contributed by atoms with Gasteiger partial charge in [-0.25, -0.2) is 9.05 Å². The molecule has 2 aromatic carbocycles. The van der Waals surface area contributed by atoms with Crippen molar-refractivity contribution in [1.29, 1.82) is 0 Å². The molecule has 55 heavy (non-hydrogen) atoms. The van der Waals surface area contributed by atoms with E-state index in [1.54, 1.807) is 64.5 Å². The molecule has 0 saturated heterocycles. The lowest BCUT2D eigenvalue weighted by Crippen LogP contribution is -2.37. The van der Waals surface area contributed by atoms with Gasteiger partial charge in [-0.05, 0) is 62.8 Å². The molecule has 4 N–H and O–H groups in total. The van der Waals surface area contributed by atoms with E-state index in [1.807, 2.05) is 12.1 Å². The maximum Gasteiger partial charge on any atom is 0.805 e. The summed E-state index contributed by atoms with van der Waals surface area (Å²) < 4.78 is 148. The van der Waals surface area contributed by atoms with E-state index in [0.29, 0.717) is 24.3 Å². The fourth-order valence-corrected chi connectivity index (χ4v) is 4.32. The first-order valence-electron chi connectivity index (χ1n) is 15.6. The molecule has 0 atom stereocenters. The van der Waals surface area contributed by atoms with Gasteiger partial charge in [0.25, 0.3) is 0 Å². The van der Waals surface area contributed by atoms with Gasteiger partial charge >= 0.3 is 52.8 Å². The third-order valence-corrected chi connectivity index (χ3v) is 7.10. The molecule has 0 heterocycles. The first-order valence-corrected chi connectivity index (χ1v) is 17.8. The molecule has 0 bridgehead atoms. The largest absolute Gasteiger partial charge is 0.805 e. The number of hydrogen-bond acceptors (Lipinski definition) is 10. The van der Waals surface area contributed by atoms with Crippen LogP contribution in [-0.2, 0) is 32.6 Å². The van der Waals surface area contributed by atoms with E-state index in [4.69, 9.17) is 23.2 Å². The van der Waals surface area contributed by atoms with Crippen LogP contribution in [0, 0.1) is 0 Å². The topological polar surface area (TPSA) is 179 Å². The summed E-state index contributed by atoms with van der Waals surface area (Å²) in [5.41, 5.74) is 0. The summed E-state index contributed by atoms with van der Waals surface area (Å²) >= 11 is 0. The zero-order valence-corrected chi connectivity index (χ0v) is 30.0. The summed E-state index contributed by atoms with van der Waals surface area (Å²) in [5.74, 6) is -4.96. The minimum absolute atomic E-state index is 0. The van der Waals surface area contributed by atoms with Gasteiger partial charge in [-0.1, -0.05) is 43.8 Å². The van der Waals surface area contributed by atoms with Crippen molar-refractivity contribution in [3.63, 3.8) is 0 Å². The molecule has 312 valence electrons. The van der Waals surface area contributed by atoms with Crippen molar-refractivity contribution in [2.45, 2.75) is 64.5 Å². The van der Waals surface area contributed by atoms with Gasteiger partial charge in [0.1, 0.15) is 13.2 Å². The van der Waals surface area contributed by atoms with E-state index < -0.39 is 52.8 Å². The number of carbonyl (C=O) groups excluding carboxylic acids is 3. The van der Waals surface area contributed by atoms with Crippen LogP contribution in [-0.4, -0.2) is 80.8 Å². The minimum Gasteiger partial charge on any atom is -0.396 e. The second kappa shape index (κ2) is 29.2. The predicted octanol–water partition coefficient (Wildman–Crippen LogP) is 7.47. The smallest absolute Gasteiger partial charge is 0.396 e. The van der Waals surface area contributed by atoms with Crippen LogP contribution in [0.3, 0.4) is 0 Å². The van der Waals surface area contributed by atoms with E-state index in [9.17, 15) is 63.0 Å². The normalized spacial score (nSPS) is 10.9. The number of rotatable bonds is 20. The maximum absolute atomic E-state index is 11.9. The van der Waals surface area contributed by atoms with Gasteiger partial charge in [0.05, 0.1) is 0 Å². The average molecular weight is 850 g/mol. The van der Waals surface area contributed by atoms with Crippen molar-refractivity contribution < 1.29 is 86.2 Å². The van der Waals surface area contributed by atoms with Crippen LogP contribution >= 0.6 is 16.5 Å². The van der Waals surface area contributed by atoms with Gasteiger partial charge in [-0.2, -0.15) is 39.5 Å². The fourth-order valence-electron chi connectivity index (χ4n) is 3.07. The van der Waals surface area contributed by atoms with Gasteiger partial charge in [0, 0.05) is 35.4 Å². The van der Waals surface area contributed by atoms with Crippen molar-refractivity contribution in [2.75, 3.05) is 39.5 Å². The van der Waals surface area contributed by atoms with E-state index in [0.717, 1.165) is 0 Å². The van der Waals surface area contributed by atoms with Crippen LogP contribution in [0.2, 0.25) is 0 Å². The lowest BCUT2D eigenvalue weighted by atomic mass is 10.3. The number of aliphatic hydroxyl groups is 1. The third-order valence-electron chi connectivity index (χ3n) is 5.60. The molecule has 13 nitrogen and oxygen atoms in total. The van der Waals surface area contributed by atoms with Crippen LogP contribution in [0.4, 0.5) is 39.5 Å². The number of alkyl halides is 9. The molecule has 0 aliphatic carbocycles. The third kappa shape index (κ3) is 29.9. The monoisotopic (exact) mass is 849 g/mol. The van der Waals surface area contributed by atoms with E-state index in [1.165, 1.54) is 0 Å². The second-order valence-corrected chi connectivity index (χ2v) is 11.8. The average Bonchev–Trinajstić information content (AvgIpc) is 3.09. The Hall–Kier alpha value is -4.10. The van der Waals surface area contributed by atoms with Gasteiger partial charge in [-0.15, -0.1) is 9.05 Å². The summed E-state index contributed by atoms with van der Waals surface area (Å²) in [6.45, 7) is -0.718. The Balaban J connectivity index is 0. The van der Waals surface area contributed by atoms with Crippen LogP contribution in [0.25, 0.3) is 0 Å². The Morgan fingerprint density at radius 3 is 1.13 bits per heavy atom. The zero-order valence-electron chi connectivity index (χ0n) is 28.2. The zero-order chi connectivity index (χ0) is 41.0. The lowest BCUT2D eigenvalue weighted by Gasteiger charge is -2.06. The molecule has 0 unspecified atom stereocenters. The van der Waals surface area contributed by atoms with Crippen molar-refractivity contribution in [3.8, 4) is 11.5 Å². The number of amides is 3. The number of benzene rings is 2. The number of hydrogen-bond donors (Lipinski definition) is 4. The summed E-state index contributed by atoms with van der Waals surface area (Å²) in [7, 11) is -4.65. The molecule has 0 aliphatic rings. The van der Waals surface area contributed by atoms with E-state index >= 15 is 0 Å². The van der Waals surface area contributed by atoms with Crippen molar-refractivity contribution >= 4 is 34.2 Å². The summed E-state index contributed by atoms with van der Waals surface area (Å²) in [6, 6.07) is 17.8. The number of unbranched alkanes of at least 4 members (excludes halogenated alkanes) is 3. The highest BCUT2D eigenvalue weighted by Crippen LogP contribution is 2.30. The second-order valence-electron chi connectivity index (χ2n) is 10.0. The number of halogens is 9. The molecular formula is C31H42F9N3O10P2+2. The fraction of sp³-hybridized carbons (Fsp3) is 0.516. The van der Waals surface area contributed by atoms with Crippen molar-refractivity contribution in [2.24, 2.45) is 0 Å². The Labute approximate surface area is 312 Å². The molecule has 0 saturated carbocycles. The Morgan fingerprint density at radius 1 is 0.527 bits per heavy atom. The first-order chi connectivity index (χ1) is 25.3. The molecule has 0 fully saturated rings. The standard InChI is InChI=1S/C12H17F6N2O5P.C12H10O3P.C6H10F3NO2.CH4/c13-11(14,15)9(21)19-5-1-3-7-24-26(23)25-8-4-2-6-20-10(22)12(16,17)18;13-16(14-11-7-3-1-4-8-11)15-12-9-5-2-6-10-12;7-6(8,9)5(12)10-3-1-2-4-11;/h1-8H2,(H-,19,20,21,22);1-10H;11H,1-4H2,(H,10,12);1H4/q;+1;;/p+1. The van der Waals surface area contributed by atoms with Crippen molar-refractivity contribution in [1.82, 2.24) is 16.0 Å². The summed E-state index contributed by atoms with van der Waals surface area (Å²) in [4.78, 5) is 31.1. The molecule has 2 aromatic rings. The SMILES string of the molecule is C.O=C(NCCCCO)C(F)(F)F.O=C(NCCCCO[P+](=O)OCCCCNC(=O)C(F)(F)F)C(F)(F)F.O=[P+](Oc1ccccc1)Oc1ccccc1. The number of aliphatic hydroxyl groups excluding tert-OH is 1. The maximum atomic E-state index is 11.9. The Bertz CT molecular complexity index is 1310. The van der Waals surface area contributed by atoms with Gasteiger partial charge in [-0.3, -0.25) is 14.4 Å². The Morgan fingerprint density at radius 2 is 0.836 bits per heavy atom. The van der Waals surface area contributed by atoms with Gasteiger partial charge in [0.2, 0.25) is 0 Å². The van der Waals surface area contributed by atoms with E-state index in [-0.39, 0.29) is 72.6 Å². The van der Waals surface area contributed by atoms with Crippen LogP contribution in [0.1, 0.15) is 46.0 Å². The highest BCUT2D eigenvalue weighted by molar-refractivity contribution is 7.34. The number of para-hydroxylation sites is 2. The molecule has 0 aromatic heterocycles. The molecule has 0 spiro atoms. The first kappa shape index (κ1) is 53.0. The van der Waals surface area contributed by atoms with Crippen LogP contribution < -0.4 is 25.0 Å². The predicted molar refractivity (Wildman–Crippen MR) is 180 cm³/mol. The summed E-state index contributed by atoms with van der Waals surface area (Å²) in [6.07, 6.45) is -13.2. The van der Waals surface area contributed by atoms with Crippen LogP contribution in [0.15, 0.2) is 60.7 Å². The molecule has 0 aliphatic heterocycles. The number of carbonyl (C=O) groups is 3. The highest BCUT2D eigenvalue weighted by Gasteiger charge is 2.39. The molecular weight excluding hydrogens is 807 g/mol. The molecule has 0 radical (unpaired) electrons. The Kier molecular flexibility index (Phi) is 28.2. The quantitative estimate of drug-likeness (QED) is 0.0594. The molecule has 24 heteroatoms.